The standard InChI is InChI=1S/C18H26N2O.C2H6/c1-12(2)20-11-17-10-16(8-9-18(17)19-20)15-6-4-14(5-7-15)13(3)21;1-2/h8-15,21H,4-7H2,1-3H3;1-2H3. The van der Waals surface area contributed by atoms with E-state index >= 15 is 0 Å². The third-order valence-electron chi connectivity index (χ3n) is 5.00. The fourth-order valence-corrected chi connectivity index (χ4v) is 3.52. The van der Waals surface area contributed by atoms with Gasteiger partial charge in [-0.3, -0.25) is 4.68 Å². The van der Waals surface area contributed by atoms with Gasteiger partial charge in [-0.1, -0.05) is 19.9 Å². The van der Waals surface area contributed by atoms with Crippen LogP contribution in [0.15, 0.2) is 24.4 Å². The monoisotopic (exact) mass is 316 g/mol. The summed E-state index contributed by atoms with van der Waals surface area (Å²) in [6.45, 7) is 10.2. The predicted molar refractivity (Wildman–Crippen MR) is 97.8 cm³/mol. The lowest BCUT2D eigenvalue weighted by molar-refractivity contribution is 0.0967. The number of aromatic nitrogens is 2. The molecule has 3 nitrogen and oxygen atoms in total. The molecule has 0 bridgehead atoms. The highest BCUT2D eigenvalue weighted by Gasteiger charge is 2.25. The van der Waals surface area contributed by atoms with Crippen molar-refractivity contribution in [2.75, 3.05) is 0 Å². The Morgan fingerprint density at radius 2 is 1.74 bits per heavy atom. The van der Waals surface area contributed by atoms with Gasteiger partial charge >= 0.3 is 0 Å². The summed E-state index contributed by atoms with van der Waals surface area (Å²) in [6.07, 6.45) is 6.68. The maximum atomic E-state index is 9.72. The zero-order chi connectivity index (χ0) is 17.0. The zero-order valence-electron chi connectivity index (χ0n) is 15.3. The fourth-order valence-electron chi connectivity index (χ4n) is 3.52. The van der Waals surface area contributed by atoms with Gasteiger partial charge in [-0.05, 0) is 76.0 Å². The van der Waals surface area contributed by atoms with Gasteiger partial charge in [0.2, 0.25) is 0 Å². The number of aliphatic hydroxyl groups excluding tert-OH is 1. The van der Waals surface area contributed by atoms with Crippen molar-refractivity contribution in [3.8, 4) is 0 Å². The molecule has 0 spiro atoms. The Morgan fingerprint density at radius 1 is 1.09 bits per heavy atom. The van der Waals surface area contributed by atoms with Crippen LogP contribution in [0.1, 0.15) is 77.8 Å². The van der Waals surface area contributed by atoms with E-state index in [2.05, 4.69) is 43.3 Å². The van der Waals surface area contributed by atoms with Gasteiger partial charge in [0.1, 0.15) is 0 Å². The van der Waals surface area contributed by atoms with Crippen molar-refractivity contribution >= 4 is 10.9 Å². The van der Waals surface area contributed by atoms with E-state index in [9.17, 15) is 5.11 Å². The third-order valence-corrected chi connectivity index (χ3v) is 5.00. The molecule has 1 aromatic carbocycles. The Morgan fingerprint density at radius 3 is 2.30 bits per heavy atom. The second-order valence-electron chi connectivity index (χ2n) is 6.87. The molecule has 128 valence electrons. The van der Waals surface area contributed by atoms with Gasteiger partial charge in [0.15, 0.2) is 0 Å². The van der Waals surface area contributed by atoms with Crippen LogP contribution in [0.5, 0.6) is 0 Å². The first-order chi connectivity index (χ1) is 11.0. The van der Waals surface area contributed by atoms with Gasteiger partial charge in [0.05, 0.1) is 11.6 Å². The molecule has 0 radical (unpaired) electrons. The number of fused-ring (bicyclic) bond motifs is 1. The Hall–Kier alpha value is -1.35. The molecule has 0 aliphatic heterocycles. The van der Waals surface area contributed by atoms with Crippen LogP contribution in [-0.4, -0.2) is 21.0 Å². The van der Waals surface area contributed by atoms with Gasteiger partial charge in [0.25, 0.3) is 0 Å². The molecule has 2 aromatic rings. The molecule has 1 saturated carbocycles. The molecule has 3 heteroatoms. The highest BCUT2D eigenvalue weighted by Crippen LogP contribution is 2.37. The molecule has 1 aliphatic rings. The molecule has 3 rings (SSSR count). The molecule has 1 unspecified atom stereocenters. The van der Waals surface area contributed by atoms with Gasteiger partial charge in [-0.2, -0.15) is 5.10 Å². The normalized spacial score (nSPS) is 22.7. The van der Waals surface area contributed by atoms with Gasteiger partial charge < -0.3 is 5.11 Å². The van der Waals surface area contributed by atoms with Crippen molar-refractivity contribution in [2.24, 2.45) is 5.92 Å². The Kier molecular flexibility index (Phi) is 6.23. The van der Waals surface area contributed by atoms with Crippen molar-refractivity contribution in [1.82, 2.24) is 9.78 Å². The van der Waals surface area contributed by atoms with Crippen LogP contribution in [0, 0.1) is 5.92 Å². The highest BCUT2D eigenvalue weighted by molar-refractivity contribution is 5.79. The minimum atomic E-state index is -0.155. The van der Waals surface area contributed by atoms with Crippen molar-refractivity contribution in [3.63, 3.8) is 0 Å². The lowest BCUT2D eigenvalue weighted by atomic mass is 9.77. The summed E-state index contributed by atoms with van der Waals surface area (Å²) >= 11 is 0. The largest absolute Gasteiger partial charge is 0.393 e. The molecule has 1 heterocycles. The molecule has 1 aromatic heterocycles. The van der Waals surface area contributed by atoms with E-state index in [0.29, 0.717) is 17.9 Å². The van der Waals surface area contributed by atoms with Gasteiger partial charge in [-0.15, -0.1) is 0 Å². The first kappa shape index (κ1) is 18.0. The van der Waals surface area contributed by atoms with Crippen LogP contribution in [0.3, 0.4) is 0 Å². The van der Waals surface area contributed by atoms with E-state index < -0.39 is 0 Å². The summed E-state index contributed by atoms with van der Waals surface area (Å²) in [5.41, 5.74) is 2.53. The first-order valence-electron chi connectivity index (χ1n) is 9.21. The van der Waals surface area contributed by atoms with E-state index in [-0.39, 0.29) is 6.10 Å². The van der Waals surface area contributed by atoms with E-state index in [0.717, 1.165) is 18.4 Å². The Bertz CT molecular complexity index is 607. The summed E-state index contributed by atoms with van der Waals surface area (Å²) in [5, 5.41) is 15.6. The summed E-state index contributed by atoms with van der Waals surface area (Å²) in [7, 11) is 0. The lowest BCUT2D eigenvalue weighted by Gasteiger charge is -2.30. The third kappa shape index (κ3) is 4.14. The minimum Gasteiger partial charge on any atom is -0.393 e. The van der Waals surface area contributed by atoms with Crippen LogP contribution in [0.2, 0.25) is 0 Å². The first-order valence-corrected chi connectivity index (χ1v) is 9.21. The van der Waals surface area contributed by atoms with Crippen LogP contribution < -0.4 is 0 Å². The molecule has 1 aliphatic carbocycles. The second-order valence-corrected chi connectivity index (χ2v) is 6.87. The number of benzene rings is 1. The summed E-state index contributed by atoms with van der Waals surface area (Å²) in [5.74, 6) is 1.14. The van der Waals surface area contributed by atoms with E-state index in [1.165, 1.54) is 23.8 Å². The van der Waals surface area contributed by atoms with Crippen molar-refractivity contribution in [3.05, 3.63) is 30.0 Å². The van der Waals surface area contributed by atoms with E-state index in [4.69, 9.17) is 0 Å². The lowest BCUT2D eigenvalue weighted by Crippen LogP contribution is -2.22. The number of hydrogen-bond acceptors (Lipinski definition) is 2. The Balaban J connectivity index is 0.000000924. The molecular weight excluding hydrogens is 284 g/mol. The second kappa shape index (κ2) is 7.96. The topological polar surface area (TPSA) is 38.1 Å². The predicted octanol–water partition coefficient (Wildman–Crippen LogP) is 5.30. The van der Waals surface area contributed by atoms with Gasteiger partial charge in [-0.25, -0.2) is 0 Å². The van der Waals surface area contributed by atoms with Crippen LogP contribution in [0.25, 0.3) is 10.9 Å². The van der Waals surface area contributed by atoms with E-state index in [1.54, 1.807) is 0 Å². The number of hydrogen-bond donors (Lipinski definition) is 1. The molecule has 1 fully saturated rings. The zero-order valence-corrected chi connectivity index (χ0v) is 15.3. The SMILES string of the molecule is CC.CC(O)C1CCC(c2ccc3nn(C(C)C)cc3c2)CC1. The van der Waals surface area contributed by atoms with E-state index in [1.807, 2.05) is 25.5 Å². The maximum absolute atomic E-state index is 9.72. The summed E-state index contributed by atoms with van der Waals surface area (Å²) in [6, 6.07) is 7.12. The molecule has 1 atom stereocenters. The molecule has 0 amide bonds. The average Bonchev–Trinajstić information content (AvgIpc) is 3.00. The molecular formula is C20H32N2O. The quantitative estimate of drug-likeness (QED) is 0.834. The number of aliphatic hydroxyl groups is 1. The Labute approximate surface area is 140 Å². The average molecular weight is 316 g/mol. The van der Waals surface area contributed by atoms with Crippen LogP contribution in [-0.2, 0) is 0 Å². The van der Waals surface area contributed by atoms with Crippen LogP contribution >= 0.6 is 0 Å². The van der Waals surface area contributed by atoms with Crippen LogP contribution in [0.4, 0.5) is 0 Å². The molecule has 1 N–H and O–H groups in total. The molecule has 0 saturated heterocycles. The fraction of sp³-hybridized carbons (Fsp3) is 0.650. The van der Waals surface area contributed by atoms with Crippen molar-refractivity contribution in [1.29, 1.82) is 0 Å². The van der Waals surface area contributed by atoms with Crippen molar-refractivity contribution < 1.29 is 5.11 Å². The minimum absolute atomic E-state index is 0.155. The summed E-state index contributed by atoms with van der Waals surface area (Å²) < 4.78 is 2.04. The smallest absolute Gasteiger partial charge is 0.0923 e. The maximum Gasteiger partial charge on any atom is 0.0923 e. The number of nitrogens with zero attached hydrogens (tertiary/aromatic N) is 2. The summed E-state index contributed by atoms with van der Waals surface area (Å²) in [4.78, 5) is 0. The highest BCUT2D eigenvalue weighted by atomic mass is 16.3. The van der Waals surface area contributed by atoms with Gasteiger partial charge in [0, 0.05) is 17.6 Å². The van der Waals surface area contributed by atoms with Crippen molar-refractivity contribution in [2.45, 2.75) is 78.4 Å². The number of rotatable bonds is 3. The molecule has 23 heavy (non-hydrogen) atoms.